The highest BCUT2D eigenvalue weighted by Gasteiger charge is 2.29. The maximum Gasteiger partial charge on any atom is 0.290 e. The number of pyridine rings is 1. The molecule has 276 valence electrons. The molecule has 5 rings (SSSR count). The number of methoxy groups -OCH3 is 4. The smallest absolute Gasteiger partial charge is 0.290 e. The van der Waals surface area contributed by atoms with E-state index in [1.807, 2.05) is 6.07 Å². The summed E-state index contributed by atoms with van der Waals surface area (Å²) in [5, 5.41) is 10.8. The molecule has 2 N–H and O–H groups in total. The van der Waals surface area contributed by atoms with Crippen LogP contribution in [0.5, 0.6) is 17.2 Å². The Morgan fingerprint density at radius 3 is 2.45 bits per heavy atom. The number of benzene rings is 2. The first-order valence-electron chi connectivity index (χ1n) is 16.3. The standard InChI is InChI=1S/C34H41ClFN5O7.CH2O2/c1-45-20-30(43)39-11-9-29(42)37-17-21-6-5-10-40(18-21)33-22(14-25-27(38-33)16-28(46-2)32(48-4)31(25)47-3)19-41(13-12-39)34(44)24-15-23(35)7-8-26(24)36;2-1-3/h7-8,14-16,21H,5-6,9-13,17-20H2,1-4H3,(H,37,42);1H,(H,2,3). The molecule has 0 saturated carbocycles. The van der Waals surface area contributed by atoms with Gasteiger partial charge in [-0.3, -0.25) is 19.2 Å². The summed E-state index contributed by atoms with van der Waals surface area (Å²) in [5.41, 5.74) is 1.07. The number of nitrogens with one attached hydrogen (secondary N) is 1. The lowest BCUT2D eigenvalue weighted by Crippen LogP contribution is -2.43. The van der Waals surface area contributed by atoms with E-state index in [4.69, 9.17) is 45.4 Å². The van der Waals surface area contributed by atoms with E-state index in [2.05, 4.69) is 10.2 Å². The second-order valence-corrected chi connectivity index (χ2v) is 12.4. The van der Waals surface area contributed by atoms with Crippen LogP contribution in [-0.2, 0) is 25.7 Å². The van der Waals surface area contributed by atoms with Gasteiger partial charge in [-0.05, 0) is 43.0 Å². The zero-order valence-electron chi connectivity index (χ0n) is 29.1. The molecule has 2 bridgehead atoms. The van der Waals surface area contributed by atoms with Gasteiger partial charge in [0.05, 0.1) is 32.4 Å². The highest BCUT2D eigenvalue weighted by atomic mass is 35.5. The predicted octanol–water partition coefficient (Wildman–Crippen LogP) is 3.61. The number of hydrogen-bond acceptors (Lipinski definition) is 10. The first-order valence-corrected chi connectivity index (χ1v) is 16.7. The third-order valence-corrected chi connectivity index (χ3v) is 9.00. The number of ether oxygens (including phenoxy) is 4. The van der Waals surface area contributed by atoms with Crippen LogP contribution in [0.15, 0.2) is 30.3 Å². The molecule has 51 heavy (non-hydrogen) atoms. The SMILES string of the molecule is COCC(=O)N1CCC(=O)NCC2CCCN(C2)c2nc3cc(OC)c(OC)c(OC)c3cc2CN(C(=O)c2cc(Cl)ccc2F)CC1.O=CO. The van der Waals surface area contributed by atoms with Crippen LogP contribution in [0.3, 0.4) is 0 Å². The fraction of sp³-hybridized carbons (Fsp3) is 0.457. The Labute approximate surface area is 300 Å². The molecule has 16 heteroatoms. The van der Waals surface area contributed by atoms with E-state index in [1.54, 1.807) is 6.07 Å². The summed E-state index contributed by atoms with van der Waals surface area (Å²) in [4.78, 5) is 58.7. The molecular formula is C35H43ClFN5O9. The molecule has 2 aromatic carbocycles. The molecule has 1 saturated heterocycles. The summed E-state index contributed by atoms with van der Waals surface area (Å²) in [5.74, 6) is 0.174. The van der Waals surface area contributed by atoms with Crippen LogP contribution < -0.4 is 24.4 Å². The third-order valence-electron chi connectivity index (χ3n) is 8.76. The third kappa shape index (κ3) is 9.47. The Morgan fingerprint density at radius 2 is 1.76 bits per heavy atom. The van der Waals surface area contributed by atoms with Gasteiger partial charge in [0, 0.05) is 81.4 Å². The van der Waals surface area contributed by atoms with Crippen molar-refractivity contribution in [3.05, 3.63) is 52.3 Å². The van der Waals surface area contributed by atoms with Crippen LogP contribution in [0, 0.1) is 11.7 Å². The van der Waals surface area contributed by atoms with Gasteiger partial charge in [0.1, 0.15) is 18.2 Å². The maximum absolute atomic E-state index is 15.1. The summed E-state index contributed by atoms with van der Waals surface area (Å²) in [6.07, 6.45) is 1.86. The number of anilines is 1. The molecule has 0 radical (unpaired) electrons. The van der Waals surface area contributed by atoms with Gasteiger partial charge in [0.2, 0.25) is 17.6 Å². The van der Waals surface area contributed by atoms with Gasteiger partial charge >= 0.3 is 0 Å². The Balaban J connectivity index is 0.00000188. The number of carboxylic acid groups (broad SMARTS) is 1. The molecule has 1 aromatic heterocycles. The number of amides is 3. The van der Waals surface area contributed by atoms with Gasteiger partial charge in [0.15, 0.2) is 11.5 Å². The van der Waals surface area contributed by atoms with E-state index in [1.165, 1.54) is 50.4 Å². The van der Waals surface area contributed by atoms with Crippen molar-refractivity contribution < 1.29 is 47.6 Å². The van der Waals surface area contributed by atoms with E-state index < -0.39 is 11.7 Å². The lowest BCUT2D eigenvalue weighted by atomic mass is 9.97. The average molecular weight is 732 g/mol. The number of hydrogen-bond donors (Lipinski definition) is 2. The number of aromatic nitrogens is 1. The Morgan fingerprint density at radius 1 is 1.04 bits per heavy atom. The largest absolute Gasteiger partial charge is 0.493 e. The number of carbonyl (C=O) groups excluding carboxylic acids is 3. The molecular weight excluding hydrogens is 689 g/mol. The van der Waals surface area contributed by atoms with Crippen molar-refractivity contribution in [2.24, 2.45) is 5.92 Å². The molecule has 3 heterocycles. The first-order chi connectivity index (χ1) is 24.6. The molecule has 0 spiro atoms. The fourth-order valence-corrected chi connectivity index (χ4v) is 6.50. The Hall–Kier alpha value is -4.89. The van der Waals surface area contributed by atoms with Gasteiger partial charge in [0.25, 0.3) is 12.4 Å². The highest BCUT2D eigenvalue weighted by molar-refractivity contribution is 6.31. The van der Waals surface area contributed by atoms with Crippen molar-refractivity contribution in [1.29, 1.82) is 0 Å². The van der Waals surface area contributed by atoms with Crippen LogP contribution >= 0.6 is 11.6 Å². The molecule has 2 aliphatic heterocycles. The van der Waals surface area contributed by atoms with E-state index >= 15 is 4.39 Å². The lowest BCUT2D eigenvalue weighted by molar-refractivity contribution is -0.136. The van der Waals surface area contributed by atoms with Crippen LogP contribution in [-0.4, -0.2) is 118 Å². The molecule has 1 fully saturated rings. The molecule has 3 aromatic rings. The van der Waals surface area contributed by atoms with Crippen molar-refractivity contribution in [2.45, 2.75) is 25.8 Å². The zero-order chi connectivity index (χ0) is 37.1. The summed E-state index contributed by atoms with van der Waals surface area (Å²) >= 11 is 6.20. The van der Waals surface area contributed by atoms with Gasteiger partial charge in [-0.15, -0.1) is 0 Å². The zero-order valence-corrected chi connectivity index (χ0v) is 29.8. The Kier molecular flexibility index (Phi) is 14.0. The number of carbonyl (C=O) groups is 4. The summed E-state index contributed by atoms with van der Waals surface area (Å²) in [6.45, 7) is 1.58. The molecule has 3 amide bonds. The predicted molar refractivity (Wildman–Crippen MR) is 187 cm³/mol. The number of piperidine rings is 1. The van der Waals surface area contributed by atoms with Crippen molar-refractivity contribution in [3.8, 4) is 17.2 Å². The lowest BCUT2D eigenvalue weighted by Gasteiger charge is -2.35. The summed E-state index contributed by atoms with van der Waals surface area (Å²) in [7, 11) is 5.99. The molecule has 0 aliphatic carbocycles. The maximum atomic E-state index is 15.1. The van der Waals surface area contributed by atoms with Crippen molar-refractivity contribution in [2.75, 3.05) is 79.2 Å². The van der Waals surface area contributed by atoms with E-state index in [0.29, 0.717) is 59.2 Å². The highest BCUT2D eigenvalue weighted by Crippen LogP contribution is 2.44. The monoisotopic (exact) mass is 731 g/mol. The van der Waals surface area contributed by atoms with Crippen LogP contribution in [0.2, 0.25) is 5.02 Å². The quantitative estimate of drug-likeness (QED) is 0.357. The number of halogens is 2. The second kappa shape index (κ2) is 18.4. The second-order valence-electron chi connectivity index (χ2n) is 12.0. The van der Waals surface area contributed by atoms with E-state index in [0.717, 1.165) is 18.9 Å². The number of nitrogens with zero attached hydrogens (tertiary/aromatic N) is 4. The minimum Gasteiger partial charge on any atom is -0.493 e. The van der Waals surface area contributed by atoms with Crippen molar-refractivity contribution in [1.82, 2.24) is 20.1 Å². The minimum absolute atomic E-state index is 0.0189. The van der Waals surface area contributed by atoms with Crippen molar-refractivity contribution >= 4 is 52.5 Å². The van der Waals surface area contributed by atoms with Gasteiger partial charge < -0.3 is 44.1 Å². The van der Waals surface area contributed by atoms with E-state index in [-0.39, 0.29) is 74.0 Å². The van der Waals surface area contributed by atoms with Gasteiger partial charge in [-0.1, -0.05) is 11.6 Å². The molecule has 2 aliphatic rings. The normalized spacial score (nSPS) is 16.8. The van der Waals surface area contributed by atoms with Crippen molar-refractivity contribution in [3.63, 3.8) is 0 Å². The average Bonchev–Trinajstić information content (AvgIpc) is 3.13. The van der Waals surface area contributed by atoms with Crippen LogP contribution in [0.25, 0.3) is 10.9 Å². The molecule has 1 atom stereocenters. The summed E-state index contributed by atoms with van der Waals surface area (Å²) in [6, 6.07) is 7.50. The number of fused-ring (bicyclic) bond motifs is 5. The Bertz CT molecular complexity index is 1730. The van der Waals surface area contributed by atoms with Crippen LogP contribution in [0.1, 0.15) is 35.2 Å². The minimum atomic E-state index is -0.724. The first kappa shape index (κ1) is 38.9. The molecule has 1 unspecified atom stereocenters. The topological polar surface area (TPSA) is 160 Å². The molecule has 14 nitrogen and oxygen atoms in total. The van der Waals surface area contributed by atoms with Crippen LogP contribution in [0.4, 0.5) is 10.2 Å². The fourth-order valence-electron chi connectivity index (χ4n) is 6.33. The van der Waals surface area contributed by atoms with Gasteiger partial charge in [-0.25, -0.2) is 9.37 Å². The summed E-state index contributed by atoms with van der Waals surface area (Å²) < 4.78 is 37.3. The van der Waals surface area contributed by atoms with E-state index in [9.17, 15) is 14.4 Å². The van der Waals surface area contributed by atoms with Gasteiger partial charge in [-0.2, -0.15) is 0 Å². The number of rotatable bonds is 6.